The fourth-order valence-electron chi connectivity index (χ4n) is 3.08. The molecular weight excluding hydrogens is 322 g/mol. The third kappa shape index (κ3) is 3.63. The zero-order valence-corrected chi connectivity index (χ0v) is 13.0. The van der Waals surface area contributed by atoms with Crippen molar-refractivity contribution in [2.45, 2.75) is 37.7 Å². The van der Waals surface area contributed by atoms with Crippen molar-refractivity contribution in [3.05, 3.63) is 34.4 Å². The van der Waals surface area contributed by atoms with E-state index in [-0.39, 0.29) is 49.3 Å². The highest BCUT2D eigenvalue weighted by molar-refractivity contribution is 5.79. The lowest BCUT2D eigenvalue weighted by molar-refractivity contribution is -0.384. The highest BCUT2D eigenvalue weighted by Crippen LogP contribution is 2.37. The summed E-state index contributed by atoms with van der Waals surface area (Å²) in [6, 6.07) is 5.76. The number of hydrogen-bond acceptors (Lipinski definition) is 4. The Labute approximate surface area is 137 Å². The minimum Gasteiger partial charge on any atom is -0.487 e. The van der Waals surface area contributed by atoms with Gasteiger partial charge >= 0.3 is 0 Å². The van der Waals surface area contributed by atoms with E-state index in [1.54, 1.807) is 4.90 Å². The SMILES string of the molecule is O=C(C1CCC(F)(F)CC1)N1CC(Oc2ccc([N+](=O)[O-])cc2)C1. The van der Waals surface area contributed by atoms with E-state index in [0.717, 1.165) is 0 Å². The molecule has 0 unspecified atom stereocenters. The second kappa shape index (κ2) is 6.33. The van der Waals surface area contributed by atoms with Gasteiger partial charge in [-0.15, -0.1) is 0 Å². The molecule has 2 fully saturated rings. The standard InChI is InChI=1S/C16H18F2N2O4/c17-16(18)7-5-11(6-8-16)15(21)19-9-14(10-19)24-13-3-1-12(2-4-13)20(22)23/h1-4,11,14H,5-10H2. The topological polar surface area (TPSA) is 72.7 Å². The van der Waals surface area contributed by atoms with Gasteiger partial charge in [0.2, 0.25) is 11.8 Å². The molecule has 130 valence electrons. The second-order valence-electron chi connectivity index (χ2n) is 6.36. The number of likely N-dealkylation sites (tertiary alicyclic amines) is 1. The number of carbonyl (C=O) groups is 1. The van der Waals surface area contributed by atoms with E-state index in [1.165, 1.54) is 24.3 Å². The molecule has 1 aromatic carbocycles. The highest BCUT2D eigenvalue weighted by atomic mass is 19.3. The first-order chi connectivity index (χ1) is 11.3. The fourth-order valence-corrected chi connectivity index (χ4v) is 3.08. The van der Waals surface area contributed by atoms with E-state index in [4.69, 9.17) is 4.74 Å². The molecule has 1 aliphatic carbocycles. The Morgan fingerprint density at radius 3 is 2.33 bits per heavy atom. The van der Waals surface area contributed by atoms with E-state index in [9.17, 15) is 23.7 Å². The number of ether oxygens (including phenoxy) is 1. The molecule has 0 radical (unpaired) electrons. The van der Waals surface area contributed by atoms with Crippen LogP contribution in [0.3, 0.4) is 0 Å². The number of halogens is 2. The van der Waals surface area contributed by atoms with Crippen LogP contribution in [0.25, 0.3) is 0 Å². The van der Waals surface area contributed by atoms with E-state index < -0.39 is 10.8 Å². The van der Waals surface area contributed by atoms with E-state index in [2.05, 4.69) is 0 Å². The average Bonchev–Trinajstić information content (AvgIpc) is 2.50. The van der Waals surface area contributed by atoms with Crippen LogP contribution in [-0.2, 0) is 4.79 Å². The van der Waals surface area contributed by atoms with Gasteiger partial charge in [0.1, 0.15) is 11.9 Å². The quantitative estimate of drug-likeness (QED) is 0.624. The van der Waals surface area contributed by atoms with Gasteiger partial charge in [0, 0.05) is 30.9 Å². The van der Waals surface area contributed by atoms with Crippen LogP contribution in [-0.4, -0.2) is 40.8 Å². The van der Waals surface area contributed by atoms with Crippen LogP contribution in [0.2, 0.25) is 0 Å². The number of carbonyl (C=O) groups excluding carboxylic acids is 1. The number of benzene rings is 1. The van der Waals surface area contributed by atoms with Crippen LogP contribution >= 0.6 is 0 Å². The number of amides is 1. The van der Waals surface area contributed by atoms with Crippen molar-refractivity contribution in [2.24, 2.45) is 5.92 Å². The van der Waals surface area contributed by atoms with Crippen LogP contribution in [0, 0.1) is 16.0 Å². The van der Waals surface area contributed by atoms with Crippen molar-refractivity contribution in [1.82, 2.24) is 4.90 Å². The maximum absolute atomic E-state index is 13.1. The van der Waals surface area contributed by atoms with Crippen LogP contribution in [0.5, 0.6) is 5.75 Å². The summed E-state index contributed by atoms with van der Waals surface area (Å²) in [4.78, 5) is 24.0. The molecule has 1 heterocycles. The van der Waals surface area contributed by atoms with Gasteiger partial charge in [-0.05, 0) is 25.0 Å². The van der Waals surface area contributed by atoms with Crippen molar-refractivity contribution in [2.75, 3.05) is 13.1 Å². The van der Waals surface area contributed by atoms with E-state index in [0.29, 0.717) is 18.8 Å². The normalized spacial score (nSPS) is 21.2. The first-order valence-electron chi connectivity index (χ1n) is 7.92. The molecule has 0 bridgehead atoms. The number of non-ortho nitro benzene ring substituents is 1. The number of nitrogens with zero attached hydrogens (tertiary/aromatic N) is 2. The predicted molar refractivity (Wildman–Crippen MR) is 81.0 cm³/mol. The smallest absolute Gasteiger partial charge is 0.269 e. The number of hydrogen-bond donors (Lipinski definition) is 0. The van der Waals surface area contributed by atoms with Gasteiger partial charge in [-0.1, -0.05) is 0 Å². The maximum Gasteiger partial charge on any atom is 0.269 e. The Balaban J connectivity index is 1.45. The Bertz CT molecular complexity index is 619. The van der Waals surface area contributed by atoms with Gasteiger partial charge in [-0.25, -0.2) is 8.78 Å². The maximum atomic E-state index is 13.1. The molecule has 1 saturated heterocycles. The molecule has 0 aromatic heterocycles. The van der Waals surface area contributed by atoms with Crippen molar-refractivity contribution in [3.8, 4) is 5.75 Å². The van der Waals surface area contributed by atoms with Crippen molar-refractivity contribution in [1.29, 1.82) is 0 Å². The largest absolute Gasteiger partial charge is 0.487 e. The summed E-state index contributed by atoms with van der Waals surface area (Å²) >= 11 is 0. The third-order valence-electron chi connectivity index (χ3n) is 4.58. The molecule has 2 aliphatic rings. The van der Waals surface area contributed by atoms with Gasteiger partial charge in [0.05, 0.1) is 18.0 Å². The molecule has 0 N–H and O–H groups in total. The zero-order chi connectivity index (χ0) is 17.3. The van der Waals surface area contributed by atoms with Crippen molar-refractivity contribution in [3.63, 3.8) is 0 Å². The van der Waals surface area contributed by atoms with Crippen LogP contribution in [0.1, 0.15) is 25.7 Å². The Kier molecular flexibility index (Phi) is 4.38. The predicted octanol–water partition coefficient (Wildman–Crippen LogP) is 3.01. The molecule has 1 aliphatic heterocycles. The number of rotatable bonds is 4. The van der Waals surface area contributed by atoms with Crippen LogP contribution in [0.4, 0.5) is 14.5 Å². The van der Waals surface area contributed by atoms with Gasteiger partial charge in [0.15, 0.2) is 0 Å². The van der Waals surface area contributed by atoms with E-state index in [1.807, 2.05) is 0 Å². The molecule has 0 atom stereocenters. The lowest BCUT2D eigenvalue weighted by Crippen LogP contribution is -2.58. The number of alkyl halides is 2. The Morgan fingerprint density at radius 1 is 1.21 bits per heavy atom. The summed E-state index contributed by atoms with van der Waals surface area (Å²) in [5, 5.41) is 10.6. The van der Waals surface area contributed by atoms with Crippen molar-refractivity contribution < 1.29 is 23.2 Å². The Hall–Kier alpha value is -2.25. The summed E-state index contributed by atoms with van der Waals surface area (Å²) in [6.07, 6.45) is -0.146. The monoisotopic (exact) mass is 340 g/mol. The summed E-state index contributed by atoms with van der Waals surface area (Å²) in [6.45, 7) is 0.839. The molecule has 1 saturated carbocycles. The van der Waals surface area contributed by atoms with E-state index >= 15 is 0 Å². The Morgan fingerprint density at radius 2 is 1.79 bits per heavy atom. The zero-order valence-electron chi connectivity index (χ0n) is 13.0. The summed E-state index contributed by atoms with van der Waals surface area (Å²) in [5.41, 5.74) is -0.0122. The third-order valence-corrected chi connectivity index (χ3v) is 4.58. The fraction of sp³-hybridized carbons (Fsp3) is 0.562. The number of nitro benzene ring substituents is 1. The first-order valence-corrected chi connectivity index (χ1v) is 7.92. The average molecular weight is 340 g/mol. The molecule has 0 spiro atoms. The second-order valence-corrected chi connectivity index (χ2v) is 6.36. The molecule has 8 heteroatoms. The highest BCUT2D eigenvalue weighted by Gasteiger charge is 2.41. The van der Waals surface area contributed by atoms with Crippen LogP contribution < -0.4 is 4.74 Å². The molecule has 1 aromatic rings. The molecule has 1 amide bonds. The molecule has 3 rings (SSSR count). The minimum absolute atomic E-state index is 0.0122. The van der Waals surface area contributed by atoms with Crippen molar-refractivity contribution >= 4 is 11.6 Å². The molecular formula is C16H18F2N2O4. The van der Waals surface area contributed by atoms with Crippen LogP contribution in [0.15, 0.2) is 24.3 Å². The minimum atomic E-state index is -2.63. The lowest BCUT2D eigenvalue weighted by Gasteiger charge is -2.41. The summed E-state index contributed by atoms with van der Waals surface area (Å²) in [7, 11) is 0. The molecule has 24 heavy (non-hydrogen) atoms. The number of nitro groups is 1. The summed E-state index contributed by atoms with van der Waals surface area (Å²) < 4.78 is 31.9. The van der Waals surface area contributed by atoms with Gasteiger partial charge < -0.3 is 9.64 Å². The summed E-state index contributed by atoms with van der Waals surface area (Å²) in [5.74, 6) is -2.51. The van der Waals surface area contributed by atoms with Gasteiger partial charge in [-0.3, -0.25) is 14.9 Å². The molecule has 6 nitrogen and oxygen atoms in total. The lowest BCUT2D eigenvalue weighted by atomic mass is 9.85. The first kappa shape index (κ1) is 16.6. The van der Waals surface area contributed by atoms with Gasteiger partial charge in [0.25, 0.3) is 5.69 Å². The van der Waals surface area contributed by atoms with Gasteiger partial charge in [-0.2, -0.15) is 0 Å².